The van der Waals surface area contributed by atoms with E-state index in [1.54, 1.807) is 78.9 Å². The number of benzene rings is 5. The molecule has 588 valence electrons. The minimum Gasteiger partial charge on any atom is -0.481 e. The number of hydrogen-bond acceptors (Lipinski definition) is 20. The van der Waals surface area contributed by atoms with E-state index < -0.39 is 174 Å². The Hall–Kier alpha value is -10.2. The van der Waals surface area contributed by atoms with Crippen LogP contribution in [0.3, 0.4) is 0 Å². The third-order valence-corrected chi connectivity index (χ3v) is 22.0. The van der Waals surface area contributed by atoms with Crippen LogP contribution >= 0.6 is 0 Å². The van der Waals surface area contributed by atoms with Gasteiger partial charge in [-0.2, -0.15) is 0 Å². The summed E-state index contributed by atoms with van der Waals surface area (Å²) in [6.45, 7) is 7.34. The van der Waals surface area contributed by atoms with Crippen molar-refractivity contribution in [3.8, 4) is 0 Å². The largest absolute Gasteiger partial charge is 0.481 e. The summed E-state index contributed by atoms with van der Waals surface area (Å²) in [5.41, 5.74) is -7.17. The van der Waals surface area contributed by atoms with Crippen molar-refractivity contribution < 1.29 is 106 Å². The molecular formula is C86H102N2O22. The van der Waals surface area contributed by atoms with Gasteiger partial charge in [0.15, 0.2) is 17.5 Å². The summed E-state index contributed by atoms with van der Waals surface area (Å²) in [6, 6.07) is 34.5. The van der Waals surface area contributed by atoms with Crippen molar-refractivity contribution in [2.75, 3.05) is 11.9 Å². The lowest BCUT2D eigenvalue weighted by Gasteiger charge is -2.67. The van der Waals surface area contributed by atoms with Crippen LogP contribution in [0.4, 0.5) is 5.69 Å². The Bertz CT molecular complexity index is 4120. The van der Waals surface area contributed by atoms with Crippen LogP contribution in [0, 0.1) is 16.7 Å². The highest BCUT2D eigenvalue weighted by atomic mass is 16.6. The van der Waals surface area contributed by atoms with Crippen molar-refractivity contribution in [3.63, 3.8) is 0 Å². The molecule has 110 heavy (non-hydrogen) atoms. The van der Waals surface area contributed by atoms with E-state index in [-0.39, 0.29) is 46.2 Å². The number of amides is 2. The molecule has 0 aromatic heterocycles. The summed E-state index contributed by atoms with van der Waals surface area (Å²) < 4.78 is 44.1. The van der Waals surface area contributed by atoms with Crippen LogP contribution in [0.15, 0.2) is 151 Å². The minimum atomic E-state index is -2.69. The number of carbonyl (C=O) groups excluding carboxylic acids is 10. The zero-order valence-corrected chi connectivity index (χ0v) is 63.5. The zero-order valence-electron chi connectivity index (χ0n) is 63.5. The van der Waals surface area contributed by atoms with Gasteiger partial charge in [0.25, 0.3) is 5.91 Å². The van der Waals surface area contributed by atoms with Gasteiger partial charge < -0.3 is 59.1 Å². The molecule has 24 heteroatoms. The van der Waals surface area contributed by atoms with E-state index >= 15 is 14.4 Å². The summed E-state index contributed by atoms with van der Waals surface area (Å²) in [7, 11) is 0. The third-order valence-electron chi connectivity index (χ3n) is 22.0. The van der Waals surface area contributed by atoms with E-state index in [1.165, 1.54) is 140 Å². The number of carboxylic acids is 2. The second-order valence-corrected chi connectivity index (χ2v) is 30.1. The van der Waals surface area contributed by atoms with Gasteiger partial charge in [-0.15, -0.1) is 0 Å². The molecule has 0 radical (unpaired) electrons. The van der Waals surface area contributed by atoms with Crippen molar-refractivity contribution in [2.24, 2.45) is 16.7 Å². The highest BCUT2D eigenvalue weighted by Gasteiger charge is 2.79. The average molecular weight is 1520 g/mol. The normalized spacial score (nSPS) is 22.8. The van der Waals surface area contributed by atoms with Crippen LogP contribution in [-0.4, -0.2) is 141 Å². The number of aryl methyl sites for hydroxylation is 1. The molecule has 24 nitrogen and oxygen atoms in total. The first-order valence-corrected chi connectivity index (χ1v) is 38.2. The molecule has 3 aliphatic carbocycles. The smallest absolute Gasteiger partial charge is 0.350 e. The molecule has 1 heterocycles. The quantitative estimate of drug-likeness (QED) is 0.00802. The van der Waals surface area contributed by atoms with Crippen LogP contribution in [0.2, 0.25) is 0 Å². The van der Waals surface area contributed by atoms with Crippen molar-refractivity contribution in [2.45, 2.75) is 243 Å². The number of Topliss-reactive ketones (excluding diaryl/α,β-unsaturated/α-hetero) is 2. The highest BCUT2D eigenvalue weighted by Crippen LogP contribution is 2.65. The van der Waals surface area contributed by atoms with Crippen LogP contribution in [0.1, 0.15) is 230 Å². The van der Waals surface area contributed by atoms with E-state index in [0.29, 0.717) is 11.3 Å². The molecule has 9 rings (SSSR count). The number of fused-ring (bicyclic) bond motifs is 5. The summed E-state index contributed by atoms with van der Waals surface area (Å²) in [5, 5.41) is 38.3. The number of nitrogens with one attached hydrogen (secondary N) is 2. The molecule has 3 fully saturated rings. The number of anilines is 1. The van der Waals surface area contributed by atoms with Gasteiger partial charge in [-0.25, -0.2) is 14.4 Å². The first-order chi connectivity index (χ1) is 52.6. The first-order valence-electron chi connectivity index (χ1n) is 38.2. The number of unbranched alkanes of at least 4 members (excludes halogenated alkanes) is 15. The van der Waals surface area contributed by atoms with Gasteiger partial charge in [-0.3, -0.25) is 43.2 Å². The lowest BCUT2D eigenvalue weighted by atomic mass is 9.44. The van der Waals surface area contributed by atoms with Crippen LogP contribution in [0.25, 0.3) is 0 Å². The monoisotopic (exact) mass is 1510 g/mol. The fourth-order valence-corrected chi connectivity index (χ4v) is 16.2. The van der Waals surface area contributed by atoms with Gasteiger partial charge in [-0.05, 0) is 109 Å². The Morgan fingerprint density at radius 2 is 1.14 bits per heavy atom. The molecule has 5 N–H and O–H groups in total. The number of esters is 6. The molecule has 5 aromatic rings. The maximum atomic E-state index is 16.7. The predicted molar refractivity (Wildman–Crippen MR) is 402 cm³/mol. The third kappa shape index (κ3) is 20.8. The Kier molecular flexibility index (Phi) is 29.3. The fraction of sp³-hybridized carbons (Fsp3) is 0.488. The lowest BCUT2D eigenvalue weighted by molar-refractivity contribution is -0.346. The second-order valence-electron chi connectivity index (χ2n) is 30.1. The van der Waals surface area contributed by atoms with E-state index in [4.69, 9.17) is 38.3 Å². The maximum Gasteiger partial charge on any atom is 0.350 e. The van der Waals surface area contributed by atoms with Crippen LogP contribution in [0.5, 0.6) is 0 Å². The molecule has 1 saturated heterocycles. The highest BCUT2D eigenvalue weighted by molar-refractivity contribution is 6.03. The Balaban J connectivity index is 0.978. The number of rotatable bonds is 39. The van der Waals surface area contributed by atoms with E-state index in [2.05, 4.69) is 10.6 Å². The van der Waals surface area contributed by atoms with E-state index in [1.807, 2.05) is 12.1 Å². The molecule has 2 amide bonds. The second kappa shape index (κ2) is 38.4. The van der Waals surface area contributed by atoms with Gasteiger partial charge >= 0.3 is 47.8 Å². The summed E-state index contributed by atoms with van der Waals surface area (Å²) in [6.07, 6.45) is 4.81. The molecule has 2 bridgehead atoms. The van der Waals surface area contributed by atoms with Gasteiger partial charge in [0.2, 0.25) is 12.0 Å². The Morgan fingerprint density at radius 1 is 0.591 bits per heavy atom. The summed E-state index contributed by atoms with van der Waals surface area (Å²) in [5.74, 6) is -13.8. The molecule has 11 atom stereocenters. The number of aliphatic hydroxyl groups is 1. The fourth-order valence-electron chi connectivity index (χ4n) is 16.2. The van der Waals surface area contributed by atoms with Crippen molar-refractivity contribution in [1.82, 2.24) is 5.32 Å². The standard InChI is InChI=1S/C86H102N2O22/c1-54-65(106-82(102)75(73(59-33-25-21-26-34-59)88-79(98)60-35-27-22-28-36-60)108-71(96)51-68(92)87-63-46-42-57(43-47-63)32-24-19-17-15-13-11-9-7-8-10-12-14-16-18-20-31-39-69(93)94)52-86(103)78(109-81(101)62-37-29-23-30-38-62)76-84(6,77(97)74(105-55(2)89)72(54)83(86,4)5)66(50-67-85(76,53-104-67)110-56(3)90)107-70(95)49-64(91)48-58-40-44-61(45-41-58)80(99)100/h21-23,25-30,33-38,40-47,65-67,73-76,78,103H,7-20,24,31-32,39,48-53H2,1-6H3,(H,87,92)(H,88,98)(H,93,94)(H,99,100)/t65-,66-,67+,73-,74+,75+,76-,78-,84+,85-,86+/m0/s1. The first kappa shape index (κ1) is 83.8. The number of ketones is 2. The predicted octanol–water partition coefficient (Wildman–Crippen LogP) is 13.0. The van der Waals surface area contributed by atoms with E-state index in [9.17, 15) is 53.4 Å². The molecule has 0 spiro atoms. The number of aliphatic carboxylic acids is 1. The van der Waals surface area contributed by atoms with Crippen molar-refractivity contribution in [3.05, 3.63) is 184 Å². The Labute approximate surface area is 641 Å². The lowest BCUT2D eigenvalue weighted by Crippen LogP contribution is -2.82. The van der Waals surface area contributed by atoms with Gasteiger partial charge in [-0.1, -0.05) is 195 Å². The average Bonchev–Trinajstić information content (AvgIpc) is 0.667. The number of hydrogen-bond donors (Lipinski definition) is 5. The SMILES string of the molecule is CC(=O)O[C@H]1C(=O)[C@]2(C)[C@@H](OC(=O)CC(=O)Cc3ccc(C(=O)O)cc3)C[C@H]3OC[C@@]3(OC(C)=O)[C@H]2[C@H](OC(=O)c2ccccc2)[C@]2(O)C[C@H](OC(=O)[C@H](OC(=O)CC(=O)Nc3ccc(CCCCCCCCCCCCCCCCCCC(=O)O)cc3)[C@@H](NC(=O)c3ccccc3)c3ccccc3)C(C)=C1C2(C)C. The number of ether oxygens (including phenoxy) is 7. The van der Waals surface area contributed by atoms with Gasteiger partial charge in [0, 0.05) is 56.2 Å². The summed E-state index contributed by atoms with van der Waals surface area (Å²) in [4.78, 5) is 168. The number of carboxylic acid groups (broad SMARTS) is 2. The number of aromatic carboxylic acids is 1. The number of carbonyl (C=O) groups is 12. The molecular weight excluding hydrogens is 1410 g/mol. The summed E-state index contributed by atoms with van der Waals surface area (Å²) >= 11 is 0. The molecule has 5 aromatic carbocycles. The molecule has 2 saturated carbocycles. The molecule has 1 aliphatic heterocycles. The van der Waals surface area contributed by atoms with Crippen LogP contribution < -0.4 is 10.6 Å². The molecule has 0 unspecified atom stereocenters. The minimum absolute atomic E-state index is 0.00900. The van der Waals surface area contributed by atoms with Gasteiger partial charge in [0.1, 0.15) is 54.7 Å². The van der Waals surface area contributed by atoms with Crippen LogP contribution in [-0.2, 0) is 89.2 Å². The van der Waals surface area contributed by atoms with E-state index in [0.717, 1.165) is 64.4 Å². The molecule has 4 aliphatic rings. The van der Waals surface area contributed by atoms with Crippen molar-refractivity contribution >= 4 is 76.8 Å². The van der Waals surface area contributed by atoms with Gasteiger partial charge in [0.05, 0.1) is 29.1 Å². The Morgan fingerprint density at radius 3 is 1.67 bits per heavy atom. The van der Waals surface area contributed by atoms with Crippen molar-refractivity contribution in [1.29, 1.82) is 0 Å². The topological polar surface area (TPSA) is 354 Å². The zero-order chi connectivity index (χ0) is 79.3. The maximum absolute atomic E-state index is 16.7.